The Hall–Kier alpha value is -1.75. The smallest absolute Gasteiger partial charge is 0.207 e. The summed E-state index contributed by atoms with van der Waals surface area (Å²) >= 11 is 0. The third-order valence-corrected chi connectivity index (χ3v) is 5.36. The molecule has 0 aliphatic heterocycles. The van der Waals surface area contributed by atoms with Gasteiger partial charge in [0.1, 0.15) is 11.6 Å². The Balaban J connectivity index is 2.75. The van der Waals surface area contributed by atoms with E-state index in [0.717, 1.165) is 0 Å². The Morgan fingerprint density at radius 2 is 1.19 bits per heavy atom. The van der Waals surface area contributed by atoms with E-state index >= 15 is 0 Å². The Bertz CT molecular complexity index is 708. The molecule has 2 rings (SSSR count). The van der Waals surface area contributed by atoms with Crippen molar-refractivity contribution in [3.63, 3.8) is 0 Å². The molecule has 0 saturated heterocycles. The van der Waals surface area contributed by atoms with Crippen molar-refractivity contribution in [3.05, 3.63) is 59.2 Å². The van der Waals surface area contributed by atoms with Crippen LogP contribution in [-0.2, 0) is 22.7 Å². The molecular weight excluding hydrogens is 294 g/mol. The van der Waals surface area contributed by atoms with E-state index in [4.69, 9.17) is 0 Å². The average molecular weight is 310 g/mol. The minimum absolute atomic E-state index is 0.0923. The standard InChI is InChI=1S/C16H16F2O2S/c1-3-11-13(17)7-5-9-15(11)21(19,20)16-10-6-8-14(18)12(16)4-2/h5-10H,3-4H2,1-2H3. The number of sulfone groups is 1. The summed E-state index contributed by atoms with van der Waals surface area (Å²) in [6, 6.07) is 7.89. The molecular formula is C16H16F2O2S. The van der Waals surface area contributed by atoms with E-state index in [0.29, 0.717) is 0 Å². The highest BCUT2D eigenvalue weighted by molar-refractivity contribution is 7.91. The van der Waals surface area contributed by atoms with Gasteiger partial charge in [-0.2, -0.15) is 0 Å². The van der Waals surface area contributed by atoms with Crippen molar-refractivity contribution in [1.29, 1.82) is 0 Å². The molecule has 5 heteroatoms. The summed E-state index contributed by atoms with van der Waals surface area (Å²) in [5.74, 6) is -1.12. The van der Waals surface area contributed by atoms with E-state index in [2.05, 4.69) is 0 Å². The molecule has 0 amide bonds. The van der Waals surface area contributed by atoms with Crippen molar-refractivity contribution in [1.82, 2.24) is 0 Å². The second kappa shape index (κ2) is 5.93. The highest BCUT2D eigenvalue weighted by Crippen LogP contribution is 2.29. The fourth-order valence-electron chi connectivity index (χ4n) is 2.39. The molecule has 112 valence electrons. The predicted octanol–water partition coefficient (Wildman–Crippen LogP) is 3.92. The number of hydrogen-bond donors (Lipinski definition) is 0. The first-order valence-electron chi connectivity index (χ1n) is 6.73. The van der Waals surface area contributed by atoms with Crippen LogP contribution in [0.2, 0.25) is 0 Å². The number of halogens is 2. The van der Waals surface area contributed by atoms with Gasteiger partial charge < -0.3 is 0 Å². The third kappa shape index (κ3) is 2.70. The summed E-state index contributed by atoms with van der Waals surface area (Å²) in [5, 5.41) is 0. The second-order valence-corrected chi connectivity index (χ2v) is 6.53. The molecule has 0 radical (unpaired) electrons. The van der Waals surface area contributed by atoms with Gasteiger partial charge in [-0.05, 0) is 37.1 Å². The quantitative estimate of drug-likeness (QED) is 0.857. The van der Waals surface area contributed by atoms with E-state index in [9.17, 15) is 17.2 Å². The zero-order valence-electron chi connectivity index (χ0n) is 11.9. The lowest BCUT2D eigenvalue weighted by molar-refractivity contribution is 0.576. The SMILES string of the molecule is CCc1c(F)cccc1S(=O)(=O)c1cccc(F)c1CC. The molecule has 0 saturated carbocycles. The molecule has 0 heterocycles. The maximum atomic E-state index is 13.8. The first kappa shape index (κ1) is 15.6. The molecule has 2 aromatic carbocycles. The van der Waals surface area contributed by atoms with Crippen LogP contribution in [0.1, 0.15) is 25.0 Å². The molecule has 0 aromatic heterocycles. The molecule has 2 aromatic rings. The van der Waals surface area contributed by atoms with Gasteiger partial charge in [0.05, 0.1) is 9.79 Å². The maximum absolute atomic E-state index is 13.8. The van der Waals surface area contributed by atoms with Crippen LogP contribution < -0.4 is 0 Å². The van der Waals surface area contributed by atoms with E-state index in [1.807, 2.05) is 0 Å². The van der Waals surface area contributed by atoms with Crippen molar-refractivity contribution in [2.45, 2.75) is 36.5 Å². The molecule has 0 N–H and O–H groups in total. The lowest BCUT2D eigenvalue weighted by Crippen LogP contribution is -2.10. The van der Waals surface area contributed by atoms with Gasteiger partial charge >= 0.3 is 0 Å². The second-order valence-electron chi connectivity index (χ2n) is 4.64. The maximum Gasteiger partial charge on any atom is 0.207 e. The fourth-order valence-corrected chi connectivity index (χ4v) is 4.27. The van der Waals surface area contributed by atoms with E-state index in [-0.39, 0.29) is 33.8 Å². The van der Waals surface area contributed by atoms with Crippen LogP contribution in [0.3, 0.4) is 0 Å². The van der Waals surface area contributed by atoms with E-state index in [1.54, 1.807) is 13.8 Å². The summed E-state index contributed by atoms with van der Waals surface area (Å²) in [7, 11) is -3.95. The molecule has 2 nitrogen and oxygen atoms in total. The summed E-state index contributed by atoms with van der Waals surface area (Å²) < 4.78 is 53.2. The van der Waals surface area contributed by atoms with Gasteiger partial charge in [-0.1, -0.05) is 26.0 Å². The first-order chi connectivity index (χ1) is 9.93. The zero-order chi connectivity index (χ0) is 15.6. The van der Waals surface area contributed by atoms with Crippen molar-refractivity contribution >= 4 is 9.84 Å². The molecule has 0 fully saturated rings. The summed E-state index contributed by atoms with van der Waals surface area (Å²) in [6.07, 6.45) is 0.496. The summed E-state index contributed by atoms with van der Waals surface area (Å²) in [4.78, 5) is -0.185. The van der Waals surface area contributed by atoms with Crippen LogP contribution >= 0.6 is 0 Å². The molecule has 0 aliphatic carbocycles. The van der Waals surface area contributed by atoms with Crippen LogP contribution in [0, 0.1) is 11.6 Å². The van der Waals surface area contributed by atoms with Crippen LogP contribution in [-0.4, -0.2) is 8.42 Å². The Labute approximate surface area is 123 Å². The molecule has 0 atom stereocenters. The molecule has 0 bridgehead atoms. The van der Waals surface area contributed by atoms with Gasteiger partial charge in [0.25, 0.3) is 0 Å². The number of hydrogen-bond acceptors (Lipinski definition) is 2. The van der Waals surface area contributed by atoms with E-state index < -0.39 is 21.5 Å². The highest BCUT2D eigenvalue weighted by Gasteiger charge is 2.25. The Kier molecular flexibility index (Phi) is 4.42. The monoisotopic (exact) mass is 310 g/mol. The molecule has 21 heavy (non-hydrogen) atoms. The van der Waals surface area contributed by atoms with Gasteiger partial charge in [-0.25, -0.2) is 17.2 Å². The third-order valence-electron chi connectivity index (χ3n) is 3.44. The van der Waals surface area contributed by atoms with Crippen molar-refractivity contribution in [2.24, 2.45) is 0 Å². The van der Waals surface area contributed by atoms with Crippen LogP contribution in [0.25, 0.3) is 0 Å². The van der Waals surface area contributed by atoms with Gasteiger partial charge in [0.2, 0.25) is 9.84 Å². The minimum Gasteiger partial charge on any atom is -0.218 e. The van der Waals surface area contributed by atoms with Crippen LogP contribution in [0.5, 0.6) is 0 Å². The van der Waals surface area contributed by atoms with Gasteiger partial charge in [0.15, 0.2) is 0 Å². The van der Waals surface area contributed by atoms with Crippen LogP contribution in [0.4, 0.5) is 8.78 Å². The lowest BCUT2D eigenvalue weighted by Gasteiger charge is -2.13. The Morgan fingerprint density at radius 3 is 1.52 bits per heavy atom. The van der Waals surface area contributed by atoms with Crippen molar-refractivity contribution in [3.8, 4) is 0 Å². The Morgan fingerprint density at radius 1 is 0.810 bits per heavy atom. The van der Waals surface area contributed by atoms with Gasteiger partial charge in [-0.3, -0.25) is 0 Å². The zero-order valence-corrected chi connectivity index (χ0v) is 12.7. The normalized spacial score (nSPS) is 11.6. The summed E-state index contributed by atoms with van der Waals surface area (Å²) in [5.41, 5.74) is 0.257. The summed E-state index contributed by atoms with van der Waals surface area (Å²) in [6.45, 7) is 3.37. The van der Waals surface area contributed by atoms with Gasteiger partial charge in [0, 0.05) is 11.1 Å². The largest absolute Gasteiger partial charge is 0.218 e. The van der Waals surface area contributed by atoms with E-state index in [1.165, 1.54) is 36.4 Å². The number of rotatable bonds is 4. The highest BCUT2D eigenvalue weighted by atomic mass is 32.2. The van der Waals surface area contributed by atoms with Crippen molar-refractivity contribution < 1.29 is 17.2 Å². The molecule has 0 spiro atoms. The lowest BCUT2D eigenvalue weighted by atomic mass is 10.1. The average Bonchev–Trinajstić information content (AvgIpc) is 2.46. The topological polar surface area (TPSA) is 34.1 Å². The molecule has 0 unspecified atom stereocenters. The van der Waals surface area contributed by atoms with Crippen molar-refractivity contribution in [2.75, 3.05) is 0 Å². The molecule has 0 aliphatic rings. The van der Waals surface area contributed by atoms with Crippen LogP contribution in [0.15, 0.2) is 46.2 Å². The van der Waals surface area contributed by atoms with Gasteiger partial charge in [-0.15, -0.1) is 0 Å². The predicted molar refractivity (Wildman–Crippen MR) is 77.0 cm³/mol. The first-order valence-corrected chi connectivity index (χ1v) is 8.21. The number of benzene rings is 2. The fraction of sp³-hybridized carbons (Fsp3) is 0.250. The minimum atomic E-state index is -3.95.